The second-order valence-corrected chi connectivity index (χ2v) is 8.66. The van der Waals surface area contributed by atoms with E-state index in [1.54, 1.807) is 24.1 Å². The molecule has 4 nitrogen and oxygen atoms in total. The van der Waals surface area contributed by atoms with Gasteiger partial charge in [0.05, 0.1) is 0 Å². The number of amides is 1. The summed E-state index contributed by atoms with van der Waals surface area (Å²) >= 11 is 12.1. The van der Waals surface area contributed by atoms with Crippen LogP contribution in [0, 0.1) is 12.3 Å². The number of carbonyl (C=O) groups excluding carboxylic acids is 2. The number of aromatic nitrogens is 1. The molecule has 1 aromatic carbocycles. The maximum absolute atomic E-state index is 12.9. The Bertz CT molecular complexity index is 899. The lowest BCUT2D eigenvalue weighted by Crippen LogP contribution is -2.27. The molecule has 1 aliphatic rings. The molecule has 0 saturated heterocycles. The van der Waals surface area contributed by atoms with E-state index < -0.39 is 0 Å². The van der Waals surface area contributed by atoms with Gasteiger partial charge in [-0.05, 0) is 42.0 Å². The van der Waals surface area contributed by atoms with Crippen LogP contribution < -0.4 is 0 Å². The predicted molar refractivity (Wildman–Crippen MR) is 104 cm³/mol. The Morgan fingerprint density at radius 2 is 1.96 bits per heavy atom. The zero-order valence-corrected chi connectivity index (χ0v) is 16.9. The Balaban J connectivity index is 1.87. The van der Waals surface area contributed by atoms with Crippen LogP contribution in [0.2, 0.25) is 10.0 Å². The molecule has 1 aromatic heterocycles. The smallest absolute Gasteiger partial charge is 0.270 e. The van der Waals surface area contributed by atoms with Gasteiger partial charge in [0.15, 0.2) is 5.78 Å². The zero-order chi connectivity index (χ0) is 19.2. The highest BCUT2D eigenvalue weighted by atomic mass is 35.5. The van der Waals surface area contributed by atoms with Gasteiger partial charge in [0, 0.05) is 41.3 Å². The number of benzene rings is 1. The van der Waals surface area contributed by atoms with Crippen LogP contribution in [0.3, 0.4) is 0 Å². The molecule has 3 rings (SSSR count). The van der Waals surface area contributed by atoms with Gasteiger partial charge in [-0.3, -0.25) is 9.59 Å². The Kier molecular flexibility index (Phi) is 4.93. The minimum atomic E-state index is -0.159. The molecule has 0 radical (unpaired) electrons. The number of nitrogens with one attached hydrogen (secondary N) is 1. The number of carbonyl (C=O) groups is 2. The molecule has 0 saturated carbocycles. The molecule has 1 N–H and O–H groups in total. The number of rotatable bonds is 3. The van der Waals surface area contributed by atoms with E-state index in [0.717, 1.165) is 23.2 Å². The summed E-state index contributed by atoms with van der Waals surface area (Å²) in [5.41, 5.74) is 3.49. The lowest BCUT2D eigenvalue weighted by molar-refractivity contribution is 0.0778. The van der Waals surface area contributed by atoms with Gasteiger partial charge in [0.25, 0.3) is 5.91 Å². The first-order valence-corrected chi connectivity index (χ1v) is 9.28. The number of fused-ring (bicyclic) bond motifs is 1. The summed E-state index contributed by atoms with van der Waals surface area (Å²) < 4.78 is 0. The van der Waals surface area contributed by atoms with Crippen molar-refractivity contribution in [3.05, 3.63) is 56.3 Å². The van der Waals surface area contributed by atoms with Gasteiger partial charge in [0.2, 0.25) is 0 Å². The van der Waals surface area contributed by atoms with Gasteiger partial charge in [0.1, 0.15) is 5.69 Å². The molecule has 1 aliphatic carbocycles. The third-order valence-electron chi connectivity index (χ3n) is 4.88. The number of hydrogen-bond donors (Lipinski definition) is 1. The summed E-state index contributed by atoms with van der Waals surface area (Å²) in [5.74, 6) is -0.0547. The van der Waals surface area contributed by atoms with Crippen LogP contribution in [0.25, 0.3) is 0 Å². The standard InChI is InChI=1S/C20H22Cl2N2O2/c1-11-17-15(8-20(2,3)9-16(17)25)23-18(11)19(26)24(4)10-12-5-6-13(21)7-14(12)22/h5-7,23H,8-10H2,1-4H3. The fraction of sp³-hybridized carbons (Fsp3) is 0.400. The van der Waals surface area contributed by atoms with Crippen LogP contribution in [-0.4, -0.2) is 28.6 Å². The highest BCUT2D eigenvalue weighted by Gasteiger charge is 2.35. The monoisotopic (exact) mass is 392 g/mol. The van der Waals surface area contributed by atoms with Gasteiger partial charge in [-0.15, -0.1) is 0 Å². The molecule has 0 atom stereocenters. The van der Waals surface area contributed by atoms with Crippen LogP contribution in [0.1, 0.15) is 57.9 Å². The number of hydrogen-bond acceptors (Lipinski definition) is 2. The van der Waals surface area contributed by atoms with Crippen molar-refractivity contribution in [3.63, 3.8) is 0 Å². The molecule has 0 unspecified atom stereocenters. The van der Waals surface area contributed by atoms with E-state index in [1.807, 2.05) is 13.0 Å². The van der Waals surface area contributed by atoms with Gasteiger partial charge < -0.3 is 9.88 Å². The van der Waals surface area contributed by atoms with Gasteiger partial charge in [-0.1, -0.05) is 43.1 Å². The van der Waals surface area contributed by atoms with Crippen molar-refractivity contribution < 1.29 is 9.59 Å². The molecule has 1 heterocycles. The van der Waals surface area contributed by atoms with E-state index >= 15 is 0 Å². The van der Waals surface area contributed by atoms with Crippen molar-refractivity contribution in [3.8, 4) is 0 Å². The minimum Gasteiger partial charge on any atom is -0.354 e. The Morgan fingerprint density at radius 1 is 1.27 bits per heavy atom. The lowest BCUT2D eigenvalue weighted by Gasteiger charge is -2.28. The summed E-state index contributed by atoms with van der Waals surface area (Å²) in [6.45, 7) is 6.33. The highest BCUT2D eigenvalue weighted by molar-refractivity contribution is 6.35. The van der Waals surface area contributed by atoms with Gasteiger partial charge in [-0.2, -0.15) is 0 Å². The maximum atomic E-state index is 12.9. The predicted octanol–water partition coefficient (Wildman–Crippen LogP) is 5.06. The van der Waals surface area contributed by atoms with Crippen molar-refractivity contribution >= 4 is 34.9 Å². The minimum absolute atomic E-state index is 0.0928. The summed E-state index contributed by atoms with van der Waals surface area (Å²) in [6.07, 6.45) is 1.26. The molecule has 26 heavy (non-hydrogen) atoms. The molecule has 0 aliphatic heterocycles. The third-order valence-corrected chi connectivity index (χ3v) is 5.47. The molecule has 0 spiro atoms. The summed E-state index contributed by atoms with van der Waals surface area (Å²) in [5, 5.41) is 1.08. The molecular weight excluding hydrogens is 371 g/mol. The number of Topliss-reactive ketones (excluding diaryl/α,β-unsaturated/α-hetero) is 1. The first-order valence-electron chi connectivity index (χ1n) is 8.53. The summed E-state index contributed by atoms with van der Waals surface area (Å²) in [7, 11) is 1.72. The quantitative estimate of drug-likeness (QED) is 0.793. The number of aromatic amines is 1. The van der Waals surface area contributed by atoms with Crippen molar-refractivity contribution in [2.75, 3.05) is 7.05 Å². The van der Waals surface area contributed by atoms with Crippen molar-refractivity contribution in [2.45, 2.75) is 40.2 Å². The van der Waals surface area contributed by atoms with Crippen LogP contribution in [0.4, 0.5) is 0 Å². The molecule has 0 fully saturated rings. The number of ketones is 1. The third kappa shape index (κ3) is 3.53. The second kappa shape index (κ2) is 6.75. The SMILES string of the molecule is Cc1c(C(=O)N(C)Cc2ccc(Cl)cc2Cl)[nH]c2c1C(=O)CC(C)(C)C2. The molecule has 2 aromatic rings. The van der Waals surface area contributed by atoms with E-state index in [4.69, 9.17) is 23.2 Å². The van der Waals surface area contributed by atoms with Crippen LogP contribution in [0.5, 0.6) is 0 Å². The van der Waals surface area contributed by atoms with Gasteiger partial charge in [-0.25, -0.2) is 0 Å². The molecule has 6 heteroatoms. The fourth-order valence-electron chi connectivity index (χ4n) is 3.61. The zero-order valence-electron chi connectivity index (χ0n) is 15.4. The van der Waals surface area contributed by atoms with Crippen LogP contribution >= 0.6 is 23.2 Å². The Labute approximate surface area is 163 Å². The van der Waals surface area contributed by atoms with Gasteiger partial charge >= 0.3 is 0 Å². The second-order valence-electron chi connectivity index (χ2n) is 7.82. The Morgan fingerprint density at radius 3 is 2.62 bits per heavy atom. The Hall–Kier alpha value is -1.78. The average molecular weight is 393 g/mol. The highest BCUT2D eigenvalue weighted by Crippen LogP contribution is 2.37. The lowest BCUT2D eigenvalue weighted by atomic mass is 9.75. The van der Waals surface area contributed by atoms with Crippen LogP contribution in [-0.2, 0) is 13.0 Å². The maximum Gasteiger partial charge on any atom is 0.270 e. The first-order chi connectivity index (χ1) is 12.1. The van der Waals surface area contributed by atoms with Crippen molar-refractivity contribution in [1.29, 1.82) is 0 Å². The first kappa shape index (κ1) is 19.0. The normalized spacial score (nSPS) is 15.7. The topological polar surface area (TPSA) is 53.2 Å². The molecule has 138 valence electrons. The van der Waals surface area contributed by atoms with Crippen LogP contribution in [0.15, 0.2) is 18.2 Å². The van der Waals surface area contributed by atoms with E-state index in [-0.39, 0.29) is 17.1 Å². The summed E-state index contributed by atoms with van der Waals surface area (Å²) in [4.78, 5) is 30.3. The fourth-order valence-corrected chi connectivity index (χ4v) is 4.08. The largest absolute Gasteiger partial charge is 0.354 e. The molecule has 1 amide bonds. The number of H-pyrrole nitrogens is 1. The van der Waals surface area contributed by atoms with E-state index in [2.05, 4.69) is 18.8 Å². The number of halogens is 2. The van der Waals surface area contributed by atoms with E-state index in [0.29, 0.717) is 34.3 Å². The van der Waals surface area contributed by atoms with E-state index in [1.165, 1.54) is 0 Å². The van der Waals surface area contributed by atoms with Crippen molar-refractivity contribution in [2.24, 2.45) is 5.41 Å². The van der Waals surface area contributed by atoms with E-state index in [9.17, 15) is 9.59 Å². The average Bonchev–Trinajstić information content (AvgIpc) is 2.84. The molecular formula is C20H22Cl2N2O2. The van der Waals surface area contributed by atoms with Crippen molar-refractivity contribution in [1.82, 2.24) is 9.88 Å². The number of nitrogens with zero attached hydrogens (tertiary/aromatic N) is 1. The molecule has 0 bridgehead atoms. The summed E-state index contributed by atoms with van der Waals surface area (Å²) in [6, 6.07) is 5.23.